The minimum atomic E-state index is -3.52. The second-order valence-electron chi connectivity index (χ2n) is 6.53. The zero-order chi connectivity index (χ0) is 16.6. The van der Waals surface area contributed by atoms with Gasteiger partial charge in [-0.2, -0.15) is 4.31 Å². The normalized spacial score (nSPS) is 29.3. The number of fused-ring (bicyclic) bond motifs is 1. The first kappa shape index (κ1) is 16.9. The predicted molar refractivity (Wildman–Crippen MR) is 88.0 cm³/mol. The minimum absolute atomic E-state index is 0.0185. The summed E-state index contributed by atoms with van der Waals surface area (Å²) in [7, 11) is -1.83. The van der Waals surface area contributed by atoms with Crippen LogP contribution in [0.1, 0.15) is 30.4 Å². The molecule has 0 aromatic heterocycles. The molecule has 0 N–H and O–H groups in total. The smallest absolute Gasteiger partial charge is 0.243 e. The Labute approximate surface area is 138 Å². The summed E-state index contributed by atoms with van der Waals surface area (Å²) in [6.07, 6.45) is 2.56. The Morgan fingerprint density at radius 3 is 2.78 bits per heavy atom. The largest absolute Gasteiger partial charge is 0.381 e. The minimum Gasteiger partial charge on any atom is -0.381 e. The lowest BCUT2D eigenvalue weighted by Gasteiger charge is -2.44. The number of hydrogen-bond donors (Lipinski definition) is 0. The van der Waals surface area contributed by atoms with Crippen LogP contribution in [0, 0.1) is 13.8 Å². The standard InChI is InChI=1S/C17H25NO4S/c1-12-4-5-13(2)17(10-12)23(19,20)18-8-9-22-16-7-6-14(21-3)11-15(16)18/h4-5,10,14-16H,6-9,11H2,1-3H3/t14-,15+,16+/m1/s1. The van der Waals surface area contributed by atoms with Crippen molar-refractivity contribution in [3.63, 3.8) is 0 Å². The number of benzene rings is 1. The lowest BCUT2D eigenvalue weighted by molar-refractivity contribution is -0.0883. The summed E-state index contributed by atoms with van der Waals surface area (Å²) >= 11 is 0. The maximum absolute atomic E-state index is 13.2. The topological polar surface area (TPSA) is 55.8 Å². The highest BCUT2D eigenvalue weighted by molar-refractivity contribution is 7.89. The van der Waals surface area contributed by atoms with Crippen LogP contribution in [-0.4, -0.2) is 51.2 Å². The van der Waals surface area contributed by atoms with Crippen LogP contribution in [0.25, 0.3) is 0 Å². The van der Waals surface area contributed by atoms with Gasteiger partial charge in [0.15, 0.2) is 0 Å². The summed E-state index contributed by atoms with van der Waals surface area (Å²) in [5.74, 6) is 0. The Hall–Kier alpha value is -0.950. The number of rotatable bonds is 3. The fourth-order valence-corrected chi connectivity index (χ4v) is 5.62. The van der Waals surface area contributed by atoms with E-state index in [0.29, 0.717) is 24.5 Å². The quantitative estimate of drug-likeness (QED) is 0.848. The molecule has 3 atom stereocenters. The third kappa shape index (κ3) is 3.18. The van der Waals surface area contributed by atoms with E-state index in [1.807, 2.05) is 26.0 Å². The molecule has 0 bridgehead atoms. The molecule has 3 rings (SSSR count). The zero-order valence-electron chi connectivity index (χ0n) is 14.0. The van der Waals surface area contributed by atoms with Gasteiger partial charge in [0.2, 0.25) is 10.0 Å². The Bertz CT molecular complexity index is 673. The van der Waals surface area contributed by atoms with Crippen molar-refractivity contribution in [1.29, 1.82) is 0 Å². The first-order valence-corrected chi connectivity index (χ1v) is 9.61. The Morgan fingerprint density at radius 2 is 2.04 bits per heavy atom. The molecule has 1 saturated heterocycles. The average molecular weight is 339 g/mol. The lowest BCUT2D eigenvalue weighted by Crippen LogP contribution is -2.56. The zero-order valence-corrected chi connectivity index (χ0v) is 14.8. The van der Waals surface area contributed by atoms with E-state index in [1.165, 1.54) is 0 Å². The van der Waals surface area contributed by atoms with E-state index in [9.17, 15) is 8.42 Å². The van der Waals surface area contributed by atoms with Gasteiger partial charge in [0.05, 0.1) is 29.8 Å². The molecule has 2 fully saturated rings. The van der Waals surface area contributed by atoms with E-state index in [0.717, 1.165) is 24.0 Å². The van der Waals surface area contributed by atoms with Crippen molar-refractivity contribution in [2.45, 2.75) is 56.3 Å². The molecule has 1 aromatic rings. The van der Waals surface area contributed by atoms with E-state index in [4.69, 9.17) is 9.47 Å². The van der Waals surface area contributed by atoms with Crippen LogP contribution in [-0.2, 0) is 19.5 Å². The highest BCUT2D eigenvalue weighted by atomic mass is 32.2. The molecule has 0 unspecified atom stereocenters. The molecule has 1 heterocycles. The first-order chi connectivity index (χ1) is 10.9. The van der Waals surface area contributed by atoms with Crippen molar-refractivity contribution < 1.29 is 17.9 Å². The molecule has 5 nitrogen and oxygen atoms in total. The SMILES string of the molecule is CO[C@@H]1CC[C@@H]2OCCN(S(=O)(=O)c3cc(C)ccc3C)[C@H]2C1. The summed E-state index contributed by atoms with van der Waals surface area (Å²) in [4.78, 5) is 0.415. The van der Waals surface area contributed by atoms with Crippen LogP contribution in [0.15, 0.2) is 23.1 Å². The highest BCUT2D eigenvalue weighted by Gasteiger charge is 2.43. The average Bonchev–Trinajstić information content (AvgIpc) is 2.55. The van der Waals surface area contributed by atoms with Crippen molar-refractivity contribution in [3.05, 3.63) is 29.3 Å². The van der Waals surface area contributed by atoms with Crippen molar-refractivity contribution >= 4 is 10.0 Å². The van der Waals surface area contributed by atoms with E-state index in [2.05, 4.69) is 0 Å². The molecule has 1 aliphatic heterocycles. The van der Waals surface area contributed by atoms with E-state index < -0.39 is 10.0 Å². The Balaban J connectivity index is 1.96. The molecular weight excluding hydrogens is 314 g/mol. The van der Waals surface area contributed by atoms with Gasteiger partial charge in [0.25, 0.3) is 0 Å². The molecule has 2 aliphatic rings. The second-order valence-corrected chi connectivity index (χ2v) is 8.39. The highest BCUT2D eigenvalue weighted by Crippen LogP contribution is 2.34. The van der Waals surface area contributed by atoms with Gasteiger partial charge in [0, 0.05) is 13.7 Å². The molecule has 1 aromatic carbocycles. The van der Waals surface area contributed by atoms with Crippen molar-refractivity contribution in [2.75, 3.05) is 20.3 Å². The summed E-state index contributed by atoms with van der Waals surface area (Å²) < 4.78 is 39.4. The number of methoxy groups -OCH3 is 1. The third-order valence-electron chi connectivity index (χ3n) is 4.98. The molecule has 1 aliphatic carbocycles. The van der Waals surface area contributed by atoms with Gasteiger partial charge >= 0.3 is 0 Å². The van der Waals surface area contributed by atoms with Gasteiger partial charge in [-0.25, -0.2) is 8.42 Å². The summed E-state index contributed by atoms with van der Waals surface area (Å²) in [5, 5.41) is 0. The molecule has 128 valence electrons. The molecule has 23 heavy (non-hydrogen) atoms. The molecule has 0 radical (unpaired) electrons. The van der Waals surface area contributed by atoms with Gasteiger partial charge in [-0.3, -0.25) is 0 Å². The van der Waals surface area contributed by atoms with Crippen LogP contribution in [0.2, 0.25) is 0 Å². The van der Waals surface area contributed by atoms with Crippen molar-refractivity contribution in [3.8, 4) is 0 Å². The van der Waals surface area contributed by atoms with E-state index in [-0.39, 0.29) is 18.2 Å². The molecule has 0 spiro atoms. The number of hydrogen-bond acceptors (Lipinski definition) is 4. The number of morpholine rings is 1. The second kappa shape index (κ2) is 6.51. The Kier molecular flexibility index (Phi) is 4.78. The number of nitrogens with zero attached hydrogens (tertiary/aromatic N) is 1. The molecule has 0 amide bonds. The number of ether oxygens (including phenoxy) is 2. The van der Waals surface area contributed by atoms with Crippen molar-refractivity contribution in [2.24, 2.45) is 0 Å². The summed E-state index contributed by atoms with van der Waals surface area (Å²) in [6.45, 7) is 4.64. The number of sulfonamides is 1. The number of aryl methyl sites for hydroxylation is 2. The maximum atomic E-state index is 13.2. The Morgan fingerprint density at radius 1 is 1.26 bits per heavy atom. The van der Waals surface area contributed by atoms with Gasteiger partial charge in [0.1, 0.15) is 0 Å². The molecule has 1 saturated carbocycles. The molecular formula is C17H25NO4S. The van der Waals surface area contributed by atoms with Gasteiger partial charge in [-0.15, -0.1) is 0 Å². The summed E-state index contributed by atoms with van der Waals surface area (Å²) in [6, 6.07) is 5.45. The van der Waals surface area contributed by atoms with Crippen LogP contribution >= 0.6 is 0 Å². The van der Waals surface area contributed by atoms with Gasteiger partial charge in [-0.1, -0.05) is 12.1 Å². The van der Waals surface area contributed by atoms with Crippen LogP contribution < -0.4 is 0 Å². The molecule has 6 heteroatoms. The third-order valence-corrected chi connectivity index (χ3v) is 7.05. The summed E-state index contributed by atoms with van der Waals surface area (Å²) in [5.41, 5.74) is 1.75. The van der Waals surface area contributed by atoms with Crippen LogP contribution in [0.4, 0.5) is 0 Å². The monoisotopic (exact) mass is 339 g/mol. The maximum Gasteiger partial charge on any atom is 0.243 e. The van der Waals surface area contributed by atoms with Crippen LogP contribution in [0.3, 0.4) is 0 Å². The fourth-order valence-electron chi connectivity index (χ4n) is 3.66. The van der Waals surface area contributed by atoms with Gasteiger partial charge < -0.3 is 9.47 Å². The van der Waals surface area contributed by atoms with E-state index in [1.54, 1.807) is 17.5 Å². The van der Waals surface area contributed by atoms with E-state index >= 15 is 0 Å². The van der Waals surface area contributed by atoms with Crippen LogP contribution in [0.5, 0.6) is 0 Å². The first-order valence-electron chi connectivity index (χ1n) is 8.17. The van der Waals surface area contributed by atoms with Crippen molar-refractivity contribution in [1.82, 2.24) is 4.31 Å². The fraction of sp³-hybridized carbons (Fsp3) is 0.647. The lowest BCUT2D eigenvalue weighted by atomic mass is 9.89. The predicted octanol–water partition coefficient (Wildman–Crippen LogP) is 2.26. The van der Waals surface area contributed by atoms with Gasteiger partial charge in [-0.05, 0) is 50.3 Å².